The van der Waals surface area contributed by atoms with Gasteiger partial charge < -0.3 is 5.11 Å². The first kappa shape index (κ1) is 22.5. The summed E-state index contributed by atoms with van der Waals surface area (Å²) in [5, 5.41) is 11.5. The van der Waals surface area contributed by atoms with Gasteiger partial charge in [-0.15, -0.1) is 0 Å². The Morgan fingerprint density at radius 2 is 1.90 bits per heavy atom. The average molecular weight is 439 g/mol. The Morgan fingerprint density at radius 1 is 1.20 bits per heavy atom. The molecule has 0 aromatic carbocycles. The molecule has 0 aromatic heterocycles. The van der Waals surface area contributed by atoms with Gasteiger partial charge in [0.2, 0.25) is 0 Å². The second-order valence-corrected chi connectivity index (χ2v) is 12.9. The molecule has 0 aromatic rings. The minimum absolute atomic E-state index is 0.0155. The lowest BCUT2D eigenvalue weighted by atomic mass is 9.44. The fourth-order valence-corrected chi connectivity index (χ4v) is 8.70. The number of rotatable bonds is 4. The number of fused-ring (bicyclic) bond motifs is 5. The topological polar surface area (TPSA) is 80.7 Å². The summed E-state index contributed by atoms with van der Waals surface area (Å²) in [5.41, 5.74) is 1.30. The molecule has 0 aliphatic heterocycles. The van der Waals surface area contributed by atoms with Gasteiger partial charge in [-0.05, 0) is 78.6 Å². The molecular weight excluding hydrogens is 400 g/mol. The fraction of sp³-hybridized carbons (Fsp3) is 0.875. The summed E-state index contributed by atoms with van der Waals surface area (Å²) in [4.78, 5) is 12.1. The first-order chi connectivity index (χ1) is 13.9. The van der Waals surface area contributed by atoms with E-state index in [-0.39, 0.29) is 41.0 Å². The highest BCUT2D eigenvalue weighted by molar-refractivity contribution is 7.85. The van der Waals surface area contributed by atoms with Crippen LogP contribution in [0.5, 0.6) is 0 Å². The van der Waals surface area contributed by atoms with Gasteiger partial charge in [-0.1, -0.05) is 33.3 Å². The number of hydrogen-bond acceptors (Lipinski definition) is 5. The zero-order chi connectivity index (χ0) is 22.1. The van der Waals surface area contributed by atoms with Crippen molar-refractivity contribution >= 4 is 15.9 Å². The van der Waals surface area contributed by atoms with E-state index in [0.29, 0.717) is 24.2 Å². The summed E-state index contributed by atoms with van der Waals surface area (Å²) >= 11 is 0. The third-order valence-corrected chi connectivity index (χ3v) is 10.3. The summed E-state index contributed by atoms with van der Waals surface area (Å²) in [6.07, 6.45) is 8.41. The van der Waals surface area contributed by atoms with Crippen LogP contribution < -0.4 is 0 Å². The first-order valence-electron chi connectivity index (χ1n) is 11.7. The number of aliphatic hydroxyl groups excluding tert-OH is 1. The number of hydrogen-bond donors (Lipinski definition) is 1. The molecule has 170 valence electrons. The van der Waals surface area contributed by atoms with Crippen LogP contribution in [0.2, 0.25) is 0 Å². The van der Waals surface area contributed by atoms with E-state index in [1.165, 1.54) is 5.57 Å². The summed E-state index contributed by atoms with van der Waals surface area (Å²) in [6, 6.07) is 0. The van der Waals surface area contributed by atoms with Crippen LogP contribution in [0, 0.1) is 46.3 Å². The maximum absolute atomic E-state index is 12.1. The third-order valence-electron chi connectivity index (χ3n) is 9.72. The summed E-state index contributed by atoms with van der Waals surface area (Å²) in [6.45, 7) is 9.17. The minimum Gasteiger partial charge on any atom is -0.392 e. The van der Waals surface area contributed by atoms with Crippen molar-refractivity contribution in [2.75, 3.05) is 12.9 Å². The van der Waals surface area contributed by atoms with E-state index in [2.05, 4.69) is 27.7 Å². The van der Waals surface area contributed by atoms with Crippen LogP contribution in [0.1, 0.15) is 66.2 Å². The van der Waals surface area contributed by atoms with Gasteiger partial charge in [0.15, 0.2) is 5.78 Å². The zero-order valence-corrected chi connectivity index (χ0v) is 19.9. The molecule has 4 aliphatic carbocycles. The van der Waals surface area contributed by atoms with Crippen LogP contribution in [-0.4, -0.2) is 38.3 Å². The van der Waals surface area contributed by atoms with E-state index in [9.17, 15) is 18.3 Å². The highest BCUT2D eigenvalue weighted by atomic mass is 32.2. The van der Waals surface area contributed by atoms with E-state index >= 15 is 0 Å². The van der Waals surface area contributed by atoms with Crippen molar-refractivity contribution in [3.63, 3.8) is 0 Å². The van der Waals surface area contributed by atoms with Gasteiger partial charge in [-0.25, -0.2) is 0 Å². The van der Waals surface area contributed by atoms with E-state index in [1.54, 1.807) is 0 Å². The lowest BCUT2D eigenvalue weighted by Gasteiger charge is -2.61. The molecule has 5 nitrogen and oxygen atoms in total. The van der Waals surface area contributed by atoms with Crippen molar-refractivity contribution in [3.05, 3.63) is 11.6 Å². The predicted molar refractivity (Wildman–Crippen MR) is 116 cm³/mol. The molecule has 0 amide bonds. The lowest BCUT2D eigenvalue weighted by molar-refractivity contribution is -0.134. The second kappa shape index (κ2) is 7.41. The van der Waals surface area contributed by atoms with Crippen LogP contribution >= 0.6 is 0 Å². The van der Waals surface area contributed by atoms with Crippen LogP contribution in [-0.2, 0) is 19.1 Å². The normalized spacial score (nSPS) is 47.1. The average Bonchev–Trinajstić information content (AvgIpc) is 3.02. The SMILES string of the molecule is CC1C2=CC(=O)CCC2(C)C2CC[C@@]3(C)C(CC[C@@H]3[C@H](C)COS(C)(=O)=O)C2[C@H]1O. The van der Waals surface area contributed by atoms with Crippen molar-refractivity contribution in [2.45, 2.75) is 72.3 Å². The van der Waals surface area contributed by atoms with Crippen LogP contribution in [0.4, 0.5) is 0 Å². The third kappa shape index (κ3) is 3.41. The van der Waals surface area contributed by atoms with Crippen molar-refractivity contribution in [3.8, 4) is 0 Å². The molecule has 6 heteroatoms. The Hall–Kier alpha value is -0.720. The molecule has 5 unspecified atom stereocenters. The first-order valence-corrected chi connectivity index (χ1v) is 13.5. The quantitative estimate of drug-likeness (QED) is 0.672. The molecule has 4 rings (SSSR count). The molecule has 3 saturated carbocycles. The molecule has 0 spiro atoms. The van der Waals surface area contributed by atoms with Crippen molar-refractivity contribution in [2.24, 2.45) is 46.3 Å². The largest absolute Gasteiger partial charge is 0.392 e. The van der Waals surface area contributed by atoms with Gasteiger partial charge in [0, 0.05) is 12.3 Å². The Labute approximate surface area is 181 Å². The molecule has 0 saturated heterocycles. The number of carbonyl (C=O) groups is 1. The predicted octanol–water partition coefficient (Wildman–Crippen LogP) is 3.96. The van der Waals surface area contributed by atoms with Gasteiger partial charge in [0.05, 0.1) is 19.0 Å². The number of ketones is 1. The number of aliphatic hydroxyl groups is 1. The van der Waals surface area contributed by atoms with E-state index in [1.807, 2.05) is 6.08 Å². The van der Waals surface area contributed by atoms with E-state index in [0.717, 1.165) is 38.4 Å². The number of carbonyl (C=O) groups excluding carboxylic acids is 1. The Kier molecular flexibility index (Phi) is 5.55. The molecule has 1 N–H and O–H groups in total. The van der Waals surface area contributed by atoms with Crippen molar-refractivity contribution < 1.29 is 22.5 Å². The smallest absolute Gasteiger partial charge is 0.264 e. The maximum atomic E-state index is 12.1. The maximum Gasteiger partial charge on any atom is 0.264 e. The lowest BCUT2D eigenvalue weighted by Crippen LogP contribution is -2.58. The Balaban J connectivity index is 1.62. The van der Waals surface area contributed by atoms with Crippen LogP contribution in [0.25, 0.3) is 0 Å². The monoisotopic (exact) mass is 438 g/mol. The Morgan fingerprint density at radius 3 is 2.57 bits per heavy atom. The summed E-state index contributed by atoms with van der Waals surface area (Å²) < 4.78 is 28.1. The zero-order valence-electron chi connectivity index (χ0n) is 19.1. The summed E-state index contributed by atoms with van der Waals surface area (Å²) in [5.74, 6) is 1.92. The molecule has 0 heterocycles. The van der Waals surface area contributed by atoms with Gasteiger partial charge in [-0.3, -0.25) is 8.98 Å². The molecule has 30 heavy (non-hydrogen) atoms. The second-order valence-electron chi connectivity index (χ2n) is 11.2. The molecule has 3 fully saturated rings. The minimum atomic E-state index is -3.43. The van der Waals surface area contributed by atoms with E-state index < -0.39 is 16.2 Å². The van der Waals surface area contributed by atoms with Crippen molar-refractivity contribution in [1.82, 2.24) is 0 Å². The van der Waals surface area contributed by atoms with Crippen molar-refractivity contribution in [1.29, 1.82) is 0 Å². The van der Waals surface area contributed by atoms with Gasteiger partial charge in [0.25, 0.3) is 10.1 Å². The Bertz CT molecular complexity index is 848. The molecular formula is C24H38O5S. The summed E-state index contributed by atoms with van der Waals surface area (Å²) in [7, 11) is -3.43. The van der Waals surface area contributed by atoms with Gasteiger partial charge >= 0.3 is 0 Å². The highest BCUT2D eigenvalue weighted by Gasteiger charge is 2.63. The highest BCUT2D eigenvalue weighted by Crippen LogP contribution is 2.68. The fourth-order valence-electron chi connectivity index (χ4n) is 8.24. The standard InChI is InChI=1S/C24H38O5S/c1-14(13-29-30(5,27)28)17-6-7-18-21-19(9-11-23(17,18)3)24(4)10-8-16(25)12-20(24)15(2)22(21)26/h12,14-15,17-19,21-22,26H,6-11,13H2,1-5H3/t14-,15?,17-,18?,19?,21?,22+,23-,24?/m1/s1. The van der Waals surface area contributed by atoms with Gasteiger partial charge in [-0.2, -0.15) is 8.42 Å². The van der Waals surface area contributed by atoms with Crippen LogP contribution in [0.15, 0.2) is 11.6 Å². The molecule has 0 radical (unpaired) electrons. The molecule has 9 atom stereocenters. The molecule has 4 aliphatic rings. The van der Waals surface area contributed by atoms with Crippen LogP contribution in [0.3, 0.4) is 0 Å². The van der Waals surface area contributed by atoms with Gasteiger partial charge in [0.1, 0.15) is 0 Å². The molecule has 0 bridgehead atoms. The van der Waals surface area contributed by atoms with E-state index in [4.69, 9.17) is 4.18 Å².